The fourth-order valence-corrected chi connectivity index (χ4v) is 5.44. The van der Waals surface area contributed by atoms with Gasteiger partial charge in [0.15, 0.2) is 11.0 Å². The molecular weight excluding hydrogens is 470 g/mol. The Morgan fingerprint density at radius 2 is 2.06 bits per heavy atom. The van der Waals surface area contributed by atoms with Crippen molar-refractivity contribution in [3.63, 3.8) is 0 Å². The molecule has 0 radical (unpaired) electrons. The number of ether oxygens (including phenoxy) is 1. The van der Waals surface area contributed by atoms with Crippen LogP contribution in [0, 0.1) is 0 Å². The van der Waals surface area contributed by atoms with Crippen LogP contribution in [0.1, 0.15) is 30.0 Å². The van der Waals surface area contributed by atoms with Gasteiger partial charge in [-0.3, -0.25) is 4.79 Å². The van der Waals surface area contributed by atoms with Gasteiger partial charge in [0, 0.05) is 18.5 Å². The second-order valence-electron chi connectivity index (χ2n) is 7.57. The summed E-state index contributed by atoms with van der Waals surface area (Å²) in [6.45, 7) is 2.72. The molecule has 3 aromatic heterocycles. The number of rotatable bonds is 8. The van der Waals surface area contributed by atoms with Gasteiger partial charge in [-0.1, -0.05) is 17.8 Å². The lowest BCUT2D eigenvalue weighted by molar-refractivity contribution is -0.130. The lowest BCUT2D eigenvalue weighted by atomic mass is 10.1. The molecule has 1 aliphatic rings. The third-order valence-electron chi connectivity index (χ3n) is 5.55. The Morgan fingerprint density at radius 1 is 1.21 bits per heavy atom. The van der Waals surface area contributed by atoms with E-state index in [1.54, 1.807) is 29.7 Å². The van der Waals surface area contributed by atoms with Gasteiger partial charge in [0.2, 0.25) is 0 Å². The number of hydrazone groups is 1. The molecule has 174 valence electrons. The van der Waals surface area contributed by atoms with E-state index in [1.807, 2.05) is 65.4 Å². The van der Waals surface area contributed by atoms with Crippen molar-refractivity contribution >= 4 is 34.7 Å². The molecule has 4 heterocycles. The predicted octanol–water partition coefficient (Wildman–Crippen LogP) is 5.10. The maximum Gasteiger partial charge on any atom is 0.253 e. The van der Waals surface area contributed by atoms with E-state index in [-0.39, 0.29) is 17.7 Å². The van der Waals surface area contributed by atoms with Crippen molar-refractivity contribution in [2.24, 2.45) is 5.10 Å². The highest BCUT2D eigenvalue weighted by molar-refractivity contribution is 7.99. The van der Waals surface area contributed by atoms with Gasteiger partial charge in [0.25, 0.3) is 5.91 Å². The Kier molecular flexibility index (Phi) is 6.50. The Bertz CT molecular complexity index is 1280. The summed E-state index contributed by atoms with van der Waals surface area (Å²) in [5.74, 6) is 2.36. The quantitative estimate of drug-likeness (QED) is 0.318. The van der Waals surface area contributed by atoms with Crippen LogP contribution in [0.4, 0.5) is 0 Å². The number of thiophene rings is 1. The molecule has 0 unspecified atom stereocenters. The van der Waals surface area contributed by atoms with Gasteiger partial charge in [0.1, 0.15) is 17.6 Å². The number of carbonyl (C=O) groups is 1. The summed E-state index contributed by atoms with van der Waals surface area (Å²) in [6.07, 6.45) is 2.25. The van der Waals surface area contributed by atoms with Gasteiger partial charge in [-0.25, -0.2) is 5.01 Å². The molecule has 0 fully saturated rings. The molecule has 10 heteroatoms. The first-order valence-corrected chi connectivity index (χ1v) is 12.7. The van der Waals surface area contributed by atoms with Crippen LogP contribution in [0.25, 0.3) is 11.4 Å². The molecule has 0 bridgehead atoms. The zero-order valence-electron chi connectivity index (χ0n) is 18.7. The molecule has 0 saturated carbocycles. The maximum absolute atomic E-state index is 13.3. The Labute approximate surface area is 205 Å². The van der Waals surface area contributed by atoms with Gasteiger partial charge >= 0.3 is 0 Å². The lowest BCUT2D eigenvalue weighted by Gasteiger charge is -2.19. The van der Waals surface area contributed by atoms with E-state index in [9.17, 15) is 4.79 Å². The van der Waals surface area contributed by atoms with Gasteiger partial charge in [-0.2, -0.15) is 5.10 Å². The van der Waals surface area contributed by atoms with Crippen molar-refractivity contribution in [3.05, 3.63) is 70.8 Å². The van der Waals surface area contributed by atoms with Crippen molar-refractivity contribution < 1.29 is 13.9 Å². The molecule has 1 atom stereocenters. The SMILES string of the molecule is CCn1c(SCC(=O)N2N=C(c3cccs3)C[C@@H]2c2ccco2)nnc1-c1ccc(OC)cc1. The smallest absolute Gasteiger partial charge is 0.253 e. The average Bonchev–Trinajstić information content (AvgIpc) is 3.68. The van der Waals surface area contributed by atoms with Crippen molar-refractivity contribution in [1.82, 2.24) is 19.8 Å². The van der Waals surface area contributed by atoms with Crippen molar-refractivity contribution in [1.29, 1.82) is 0 Å². The van der Waals surface area contributed by atoms with Crippen molar-refractivity contribution in [2.75, 3.05) is 12.9 Å². The molecular formula is C24H23N5O3S2. The Hall–Kier alpha value is -3.37. The number of hydrogen-bond donors (Lipinski definition) is 0. The van der Waals surface area contributed by atoms with Crippen LogP contribution in [0.2, 0.25) is 0 Å². The largest absolute Gasteiger partial charge is 0.497 e. The number of benzene rings is 1. The van der Waals surface area contributed by atoms with Crippen molar-refractivity contribution in [2.45, 2.75) is 31.1 Å². The predicted molar refractivity (Wildman–Crippen MR) is 132 cm³/mol. The third kappa shape index (κ3) is 4.38. The standard InChI is InChI=1S/C24H23N5O3S2/c1-3-28-23(16-8-10-17(31-2)11-9-16)25-26-24(28)34-15-22(30)29-19(20-6-4-12-32-20)14-18(27-29)21-7-5-13-33-21/h4-13,19H,3,14-15H2,1-2H3/t19-/m1/s1. The van der Waals surface area contributed by atoms with E-state index in [0.29, 0.717) is 18.1 Å². The number of thioether (sulfide) groups is 1. The molecule has 0 spiro atoms. The van der Waals surface area contributed by atoms with E-state index in [2.05, 4.69) is 15.3 Å². The molecule has 8 nitrogen and oxygen atoms in total. The van der Waals surface area contributed by atoms with Crippen LogP contribution in [-0.4, -0.2) is 44.3 Å². The van der Waals surface area contributed by atoms with Crippen LogP contribution < -0.4 is 4.74 Å². The van der Waals surface area contributed by atoms with E-state index in [4.69, 9.17) is 9.15 Å². The molecule has 4 aromatic rings. The number of aromatic nitrogens is 3. The molecule has 0 aliphatic carbocycles. The summed E-state index contributed by atoms with van der Waals surface area (Å²) in [6, 6.07) is 15.2. The van der Waals surface area contributed by atoms with Crippen molar-refractivity contribution in [3.8, 4) is 17.1 Å². The first-order chi connectivity index (χ1) is 16.7. The normalized spacial score (nSPS) is 15.5. The molecule has 1 aliphatic heterocycles. The van der Waals surface area contributed by atoms with Gasteiger partial charge < -0.3 is 13.7 Å². The van der Waals surface area contributed by atoms with E-state index in [1.165, 1.54) is 11.8 Å². The van der Waals surface area contributed by atoms with Crippen LogP contribution >= 0.6 is 23.1 Å². The molecule has 5 rings (SSSR count). The number of furan rings is 1. The number of methoxy groups -OCH3 is 1. The minimum atomic E-state index is -0.251. The molecule has 34 heavy (non-hydrogen) atoms. The van der Waals surface area contributed by atoms with Crippen LogP contribution in [0.3, 0.4) is 0 Å². The first kappa shape index (κ1) is 22.4. The van der Waals surface area contributed by atoms with Gasteiger partial charge in [0.05, 0.1) is 29.7 Å². The topological polar surface area (TPSA) is 85.8 Å². The number of nitrogens with zero attached hydrogens (tertiary/aromatic N) is 5. The highest BCUT2D eigenvalue weighted by Gasteiger charge is 2.35. The average molecular weight is 494 g/mol. The van der Waals surface area contributed by atoms with Crippen LogP contribution in [0.5, 0.6) is 5.75 Å². The number of hydrogen-bond acceptors (Lipinski definition) is 8. The number of carbonyl (C=O) groups excluding carboxylic acids is 1. The molecule has 1 aromatic carbocycles. The second kappa shape index (κ2) is 9.86. The fourth-order valence-electron chi connectivity index (χ4n) is 3.86. The maximum atomic E-state index is 13.3. The lowest BCUT2D eigenvalue weighted by Crippen LogP contribution is -2.28. The van der Waals surface area contributed by atoms with E-state index in [0.717, 1.165) is 33.5 Å². The minimum absolute atomic E-state index is 0.102. The van der Waals surface area contributed by atoms with Gasteiger partial charge in [-0.15, -0.1) is 21.5 Å². The highest BCUT2D eigenvalue weighted by atomic mass is 32.2. The number of amides is 1. The second-order valence-corrected chi connectivity index (χ2v) is 9.46. The van der Waals surface area contributed by atoms with E-state index < -0.39 is 0 Å². The van der Waals surface area contributed by atoms with Gasteiger partial charge in [-0.05, 0) is 54.8 Å². The molecule has 1 amide bonds. The summed E-state index contributed by atoms with van der Waals surface area (Å²) >= 11 is 2.98. The Balaban J connectivity index is 1.34. The first-order valence-electron chi connectivity index (χ1n) is 10.8. The minimum Gasteiger partial charge on any atom is -0.497 e. The molecule has 0 saturated heterocycles. The summed E-state index contributed by atoms with van der Waals surface area (Å²) in [4.78, 5) is 14.3. The monoisotopic (exact) mass is 493 g/mol. The Morgan fingerprint density at radius 3 is 2.74 bits per heavy atom. The highest BCUT2D eigenvalue weighted by Crippen LogP contribution is 2.35. The summed E-state index contributed by atoms with van der Waals surface area (Å²) in [5, 5.41) is 17.7. The summed E-state index contributed by atoms with van der Waals surface area (Å²) in [7, 11) is 1.64. The van der Waals surface area contributed by atoms with E-state index >= 15 is 0 Å². The fraction of sp³-hybridized carbons (Fsp3) is 0.250. The third-order valence-corrected chi connectivity index (χ3v) is 7.42. The molecule has 0 N–H and O–H groups in total. The zero-order chi connectivity index (χ0) is 23.5. The zero-order valence-corrected chi connectivity index (χ0v) is 20.4. The summed E-state index contributed by atoms with van der Waals surface area (Å²) < 4.78 is 12.9. The summed E-state index contributed by atoms with van der Waals surface area (Å²) in [5.41, 5.74) is 1.84. The van der Waals surface area contributed by atoms with Crippen LogP contribution in [-0.2, 0) is 11.3 Å². The van der Waals surface area contributed by atoms with Crippen LogP contribution in [0.15, 0.2) is 74.8 Å².